The van der Waals surface area contributed by atoms with Crippen molar-refractivity contribution in [3.8, 4) is 0 Å². The molecule has 388 valence electrons. The van der Waals surface area contributed by atoms with Crippen molar-refractivity contribution >= 4 is 19.8 Å². The van der Waals surface area contributed by atoms with Crippen LogP contribution in [0.3, 0.4) is 0 Å². The van der Waals surface area contributed by atoms with Crippen LogP contribution in [0, 0.1) is 0 Å². The van der Waals surface area contributed by atoms with Crippen molar-refractivity contribution in [2.75, 3.05) is 47.5 Å². The Morgan fingerprint density at radius 2 is 0.818 bits per heavy atom. The van der Waals surface area contributed by atoms with Crippen molar-refractivity contribution < 1.29 is 42.1 Å². The molecule has 0 N–H and O–H groups in total. The normalized spacial score (nSPS) is 13.6. The Hall–Kier alpha value is -1.77. The first-order valence-corrected chi connectivity index (χ1v) is 29.2. The van der Waals surface area contributed by atoms with E-state index in [1.807, 2.05) is 21.1 Å². The molecule has 0 saturated carbocycles. The van der Waals surface area contributed by atoms with Crippen LogP contribution in [0.4, 0.5) is 0 Å². The van der Waals surface area contributed by atoms with Gasteiger partial charge in [0.2, 0.25) is 0 Å². The molecule has 0 bridgehead atoms. The summed E-state index contributed by atoms with van der Waals surface area (Å²) in [5.41, 5.74) is 0. The fraction of sp³-hybridized carbons (Fsp3) is 0.857. The summed E-state index contributed by atoms with van der Waals surface area (Å²) in [6.07, 6.45) is 57.9. The van der Waals surface area contributed by atoms with Crippen LogP contribution in [-0.2, 0) is 32.7 Å². The molecule has 0 aromatic carbocycles. The second-order valence-electron chi connectivity index (χ2n) is 20.0. The number of unbranched alkanes of at least 4 members (excludes halogenated alkanes) is 31. The molecule has 0 saturated heterocycles. The van der Waals surface area contributed by atoms with E-state index in [9.17, 15) is 19.0 Å². The quantitative estimate of drug-likeness (QED) is 0.0195. The highest BCUT2D eigenvalue weighted by Gasteiger charge is 2.21. The van der Waals surface area contributed by atoms with Gasteiger partial charge in [0.25, 0.3) is 7.82 Å². The molecule has 0 aliphatic rings. The molecular formula is C56H106NO8P. The van der Waals surface area contributed by atoms with Crippen molar-refractivity contribution in [3.05, 3.63) is 36.5 Å². The molecule has 0 amide bonds. The zero-order chi connectivity index (χ0) is 48.5. The summed E-state index contributed by atoms with van der Waals surface area (Å²) in [6.45, 7) is 4.22. The number of carbonyl (C=O) groups is 2. The van der Waals surface area contributed by atoms with Crippen LogP contribution in [0.25, 0.3) is 0 Å². The van der Waals surface area contributed by atoms with Crippen molar-refractivity contribution in [3.63, 3.8) is 0 Å². The van der Waals surface area contributed by atoms with Crippen LogP contribution in [0.15, 0.2) is 36.5 Å². The third-order valence-corrected chi connectivity index (χ3v) is 13.1. The number of hydrogen-bond acceptors (Lipinski definition) is 8. The molecule has 0 spiro atoms. The van der Waals surface area contributed by atoms with E-state index in [1.165, 1.54) is 180 Å². The van der Waals surface area contributed by atoms with Crippen molar-refractivity contribution in [1.82, 2.24) is 0 Å². The maximum Gasteiger partial charge on any atom is 0.306 e. The summed E-state index contributed by atoms with van der Waals surface area (Å²) in [6, 6.07) is 0. The first-order chi connectivity index (χ1) is 32.0. The fourth-order valence-corrected chi connectivity index (χ4v) is 8.57. The van der Waals surface area contributed by atoms with Crippen molar-refractivity contribution in [2.24, 2.45) is 0 Å². The van der Waals surface area contributed by atoms with E-state index in [-0.39, 0.29) is 32.0 Å². The van der Waals surface area contributed by atoms with Gasteiger partial charge in [-0.1, -0.05) is 230 Å². The lowest BCUT2D eigenvalue weighted by atomic mass is 10.0. The highest BCUT2D eigenvalue weighted by molar-refractivity contribution is 7.45. The van der Waals surface area contributed by atoms with Gasteiger partial charge in [0, 0.05) is 12.8 Å². The summed E-state index contributed by atoms with van der Waals surface area (Å²) >= 11 is 0. The van der Waals surface area contributed by atoms with Crippen LogP contribution in [0.2, 0.25) is 0 Å². The summed E-state index contributed by atoms with van der Waals surface area (Å²) in [5.74, 6) is -0.827. The maximum atomic E-state index is 12.7. The van der Waals surface area contributed by atoms with Gasteiger partial charge in [0.05, 0.1) is 27.7 Å². The molecule has 0 rings (SSSR count). The maximum absolute atomic E-state index is 12.7. The number of hydrogen-bond donors (Lipinski definition) is 0. The Labute approximate surface area is 408 Å². The van der Waals surface area contributed by atoms with Crippen LogP contribution in [0.1, 0.15) is 258 Å². The Bertz CT molecular complexity index is 1210. The van der Waals surface area contributed by atoms with Gasteiger partial charge in [-0.2, -0.15) is 0 Å². The zero-order valence-corrected chi connectivity index (χ0v) is 44.8. The monoisotopic (exact) mass is 952 g/mol. The lowest BCUT2D eigenvalue weighted by molar-refractivity contribution is -0.870. The van der Waals surface area contributed by atoms with Crippen LogP contribution < -0.4 is 4.89 Å². The topological polar surface area (TPSA) is 111 Å². The fourth-order valence-electron chi connectivity index (χ4n) is 7.84. The lowest BCUT2D eigenvalue weighted by Crippen LogP contribution is -2.37. The predicted molar refractivity (Wildman–Crippen MR) is 277 cm³/mol. The average Bonchev–Trinajstić information content (AvgIpc) is 3.27. The summed E-state index contributed by atoms with van der Waals surface area (Å²) in [7, 11) is 1.18. The van der Waals surface area contributed by atoms with E-state index in [0.717, 1.165) is 44.9 Å². The summed E-state index contributed by atoms with van der Waals surface area (Å²) in [4.78, 5) is 37.6. The Kier molecular flexibility index (Phi) is 47.0. The van der Waals surface area contributed by atoms with Gasteiger partial charge in [0.15, 0.2) is 6.10 Å². The number of rotatable bonds is 51. The largest absolute Gasteiger partial charge is 0.756 e. The third kappa shape index (κ3) is 51.6. The smallest absolute Gasteiger partial charge is 0.306 e. The molecule has 0 heterocycles. The van der Waals surface area contributed by atoms with E-state index in [2.05, 4.69) is 50.3 Å². The molecule has 0 aliphatic heterocycles. The first kappa shape index (κ1) is 64.2. The highest BCUT2D eigenvalue weighted by Crippen LogP contribution is 2.38. The van der Waals surface area contributed by atoms with Gasteiger partial charge >= 0.3 is 11.9 Å². The molecule has 2 unspecified atom stereocenters. The molecule has 0 aromatic rings. The van der Waals surface area contributed by atoms with Gasteiger partial charge in [0.1, 0.15) is 19.8 Å². The molecule has 66 heavy (non-hydrogen) atoms. The molecule has 10 heteroatoms. The highest BCUT2D eigenvalue weighted by atomic mass is 31.2. The van der Waals surface area contributed by atoms with Gasteiger partial charge in [-0.25, -0.2) is 0 Å². The lowest BCUT2D eigenvalue weighted by Gasteiger charge is -2.28. The second kappa shape index (κ2) is 48.3. The minimum absolute atomic E-state index is 0.0285. The second-order valence-corrected chi connectivity index (χ2v) is 21.4. The van der Waals surface area contributed by atoms with Gasteiger partial charge in [-0.05, 0) is 51.4 Å². The SMILES string of the molecule is CCCCCCC/C=C\C/C=C\C/C=C\CCCCCCCCCCCCCCCCCCCCC(=O)OC(COC(=O)CCCCCCCCCCC)COP(=O)([O-])OCC[N+](C)(C)C. The molecule has 0 radical (unpaired) electrons. The minimum Gasteiger partial charge on any atom is -0.756 e. The molecular weight excluding hydrogens is 846 g/mol. The van der Waals surface area contributed by atoms with Crippen LogP contribution >= 0.6 is 7.82 Å². The molecule has 0 fully saturated rings. The molecule has 0 aliphatic carbocycles. The Morgan fingerprint density at radius 1 is 0.470 bits per heavy atom. The number of nitrogens with zero attached hydrogens (tertiary/aromatic N) is 1. The van der Waals surface area contributed by atoms with E-state index >= 15 is 0 Å². The number of allylic oxidation sites excluding steroid dienone is 6. The Balaban J connectivity index is 3.94. The minimum atomic E-state index is -4.62. The van der Waals surface area contributed by atoms with Crippen LogP contribution in [-0.4, -0.2) is 70.0 Å². The number of phosphoric ester groups is 1. The number of esters is 2. The summed E-state index contributed by atoms with van der Waals surface area (Å²) in [5, 5.41) is 0. The van der Waals surface area contributed by atoms with Gasteiger partial charge in [-0.15, -0.1) is 0 Å². The van der Waals surface area contributed by atoms with E-state index < -0.39 is 26.5 Å². The molecule has 0 aromatic heterocycles. The number of ether oxygens (including phenoxy) is 2. The van der Waals surface area contributed by atoms with Gasteiger partial charge < -0.3 is 27.9 Å². The van der Waals surface area contributed by atoms with E-state index in [0.29, 0.717) is 17.4 Å². The van der Waals surface area contributed by atoms with E-state index in [4.69, 9.17) is 18.5 Å². The number of quaternary nitrogens is 1. The number of carbonyl (C=O) groups excluding carboxylic acids is 2. The van der Waals surface area contributed by atoms with E-state index in [1.54, 1.807) is 0 Å². The first-order valence-electron chi connectivity index (χ1n) is 27.7. The number of phosphoric acid groups is 1. The molecule has 9 nitrogen and oxygen atoms in total. The zero-order valence-electron chi connectivity index (χ0n) is 43.9. The Morgan fingerprint density at radius 3 is 1.21 bits per heavy atom. The standard InChI is InChI=1S/C56H106NO8P/c1-6-8-10-12-14-16-17-18-19-20-21-22-23-24-25-26-27-28-29-30-31-32-33-34-35-36-37-38-39-41-43-45-47-49-56(59)65-54(53-64-66(60,61)63-51-50-57(3,4)5)52-62-55(58)48-46-44-42-40-15-13-11-9-7-2/h17-18,20-21,23-24,54H,6-16,19,22,25-53H2,1-5H3/b18-17-,21-20-,24-23-. The third-order valence-electron chi connectivity index (χ3n) is 12.2. The van der Waals surface area contributed by atoms with Crippen molar-refractivity contribution in [1.29, 1.82) is 0 Å². The molecule has 2 atom stereocenters. The summed E-state index contributed by atoms with van der Waals surface area (Å²) < 4.78 is 34.0. The average molecular weight is 952 g/mol. The van der Waals surface area contributed by atoms with Crippen LogP contribution in [0.5, 0.6) is 0 Å². The van der Waals surface area contributed by atoms with Crippen molar-refractivity contribution in [2.45, 2.75) is 264 Å². The predicted octanol–water partition coefficient (Wildman–Crippen LogP) is 16.2. The van der Waals surface area contributed by atoms with Gasteiger partial charge in [-0.3, -0.25) is 14.2 Å². The number of likely N-dealkylation sites (N-methyl/N-ethyl adjacent to an activating group) is 1.